The predicted octanol–water partition coefficient (Wildman–Crippen LogP) is 4.04. The van der Waals surface area contributed by atoms with Crippen molar-refractivity contribution in [2.75, 3.05) is 13.2 Å². The average Bonchev–Trinajstić information content (AvgIpc) is 3.18. The Morgan fingerprint density at radius 1 is 1.28 bits per heavy atom. The molecule has 0 saturated heterocycles. The minimum atomic E-state index is -0.398. The molecule has 0 fully saturated rings. The van der Waals surface area contributed by atoms with Gasteiger partial charge in [-0.25, -0.2) is 14.8 Å². The molecule has 152 valence electrons. The molecule has 0 aliphatic carbocycles. The van der Waals surface area contributed by atoms with Gasteiger partial charge in [-0.1, -0.05) is 6.08 Å². The number of aromatic nitrogens is 3. The van der Waals surface area contributed by atoms with E-state index in [4.69, 9.17) is 9.47 Å². The molecule has 0 atom stereocenters. The normalized spacial score (nSPS) is 10.9. The lowest BCUT2D eigenvalue weighted by Crippen LogP contribution is -2.13. The summed E-state index contributed by atoms with van der Waals surface area (Å²) in [6.45, 7) is 11.9. The van der Waals surface area contributed by atoms with Crippen LogP contribution < -0.4 is 4.74 Å². The van der Waals surface area contributed by atoms with E-state index < -0.39 is 5.97 Å². The minimum absolute atomic E-state index is 0.140. The first-order valence-electron chi connectivity index (χ1n) is 9.23. The third-order valence-corrected chi connectivity index (χ3v) is 5.86. The summed E-state index contributed by atoms with van der Waals surface area (Å²) >= 11 is 1.23. The van der Waals surface area contributed by atoms with Crippen LogP contribution >= 0.6 is 11.3 Å². The molecule has 0 bridgehead atoms. The second-order valence-corrected chi connectivity index (χ2v) is 7.53. The van der Waals surface area contributed by atoms with Crippen LogP contribution in [0.2, 0.25) is 0 Å². The van der Waals surface area contributed by atoms with E-state index in [1.807, 2.05) is 24.5 Å². The highest BCUT2D eigenvalue weighted by Gasteiger charge is 2.22. The van der Waals surface area contributed by atoms with Crippen molar-refractivity contribution in [3.63, 3.8) is 0 Å². The molecule has 8 heteroatoms. The van der Waals surface area contributed by atoms with Gasteiger partial charge in [0.15, 0.2) is 6.61 Å². The van der Waals surface area contributed by atoms with Gasteiger partial charge >= 0.3 is 5.97 Å². The number of aryl methyl sites for hydroxylation is 2. The van der Waals surface area contributed by atoms with E-state index in [0.717, 1.165) is 11.4 Å². The third-order valence-electron chi connectivity index (χ3n) is 4.68. The van der Waals surface area contributed by atoms with Crippen LogP contribution in [-0.4, -0.2) is 39.5 Å². The maximum absolute atomic E-state index is 12.7. The molecule has 0 unspecified atom stereocenters. The third kappa shape index (κ3) is 3.93. The molecule has 29 heavy (non-hydrogen) atoms. The number of ether oxygens (including phenoxy) is 2. The molecule has 0 amide bonds. The van der Waals surface area contributed by atoms with Crippen molar-refractivity contribution < 1.29 is 19.1 Å². The number of carbonyl (C=O) groups excluding carboxylic acids is 2. The predicted molar refractivity (Wildman–Crippen MR) is 112 cm³/mol. The van der Waals surface area contributed by atoms with Gasteiger partial charge in [-0.05, 0) is 39.3 Å². The van der Waals surface area contributed by atoms with Crippen molar-refractivity contribution in [2.45, 2.75) is 34.2 Å². The summed E-state index contributed by atoms with van der Waals surface area (Å²) in [6.07, 6.45) is 3.16. The molecule has 3 aromatic heterocycles. The van der Waals surface area contributed by atoms with Gasteiger partial charge in [0.1, 0.15) is 16.0 Å². The van der Waals surface area contributed by atoms with Crippen LogP contribution in [-0.2, 0) is 11.3 Å². The van der Waals surface area contributed by atoms with Crippen LogP contribution in [0.25, 0.3) is 10.2 Å². The van der Waals surface area contributed by atoms with Gasteiger partial charge in [0, 0.05) is 23.5 Å². The van der Waals surface area contributed by atoms with Gasteiger partial charge in [-0.15, -0.1) is 17.9 Å². The van der Waals surface area contributed by atoms with E-state index in [1.165, 1.54) is 17.7 Å². The van der Waals surface area contributed by atoms with Crippen LogP contribution in [0, 0.1) is 20.8 Å². The Morgan fingerprint density at radius 3 is 2.72 bits per heavy atom. The average molecular weight is 413 g/mol. The van der Waals surface area contributed by atoms with Crippen molar-refractivity contribution in [3.05, 3.63) is 52.4 Å². The summed E-state index contributed by atoms with van der Waals surface area (Å²) in [4.78, 5) is 34.4. The number of nitrogens with zero attached hydrogens (tertiary/aromatic N) is 3. The molecule has 0 N–H and O–H groups in total. The molecule has 3 aromatic rings. The van der Waals surface area contributed by atoms with Gasteiger partial charge in [0.05, 0.1) is 12.0 Å². The number of thiophene rings is 1. The number of allylic oxidation sites excluding steroid dienone is 1. The summed E-state index contributed by atoms with van der Waals surface area (Å²) in [7, 11) is 0. The summed E-state index contributed by atoms with van der Waals surface area (Å²) in [6, 6.07) is 1.86. The summed E-state index contributed by atoms with van der Waals surface area (Å²) < 4.78 is 12.9. The monoisotopic (exact) mass is 413 g/mol. The van der Waals surface area contributed by atoms with Crippen LogP contribution in [0.4, 0.5) is 0 Å². The van der Waals surface area contributed by atoms with Crippen molar-refractivity contribution in [1.82, 2.24) is 14.5 Å². The number of carbonyl (C=O) groups is 2. The molecular weight excluding hydrogens is 390 g/mol. The van der Waals surface area contributed by atoms with E-state index in [0.29, 0.717) is 39.4 Å². The topological polar surface area (TPSA) is 83.3 Å². The van der Waals surface area contributed by atoms with Crippen molar-refractivity contribution in [2.24, 2.45) is 0 Å². The lowest BCUT2D eigenvalue weighted by molar-refractivity contribution is 0.0531. The fourth-order valence-corrected chi connectivity index (χ4v) is 4.28. The maximum Gasteiger partial charge on any atom is 0.348 e. The van der Waals surface area contributed by atoms with Crippen molar-refractivity contribution in [1.29, 1.82) is 0 Å². The minimum Gasteiger partial charge on any atom is -0.469 e. The Balaban J connectivity index is 1.86. The van der Waals surface area contributed by atoms with E-state index in [9.17, 15) is 9.59 Å². The van der Waals surface area contributed by atoms with Gasteiger partial charge < -0.3 is 14.0 Å². The Bertz CT molecular complexity index is 1100. The number of esters is 1. The molecule has 0 aromatic carbocycles. The van der Waals surface area contributed by atoms with Gasteiger partial charge in [-0.3, -0.25) is 4.79 Å². The molecule has 7 nitrogen and oxygen atoms in total. The first-order chi connectivity index (χ1) is 13.9. The molecule has 0 aliphatic heterocycles. The smallest absolute Gasteiger partial charge is 0.348 e. The van der Waals surface area contributed by atoms with E-state index in [-0.39, 0.29) is 18.3 Å². The highest BCUT2D eigenvalue weighted by molar-refractivity contribution is 7.20. The summed E-state index contributed by atoms with van der Waals surface area (Å²) in [5.41, 5.74) is 3.17. The van der Waals surface area contributed by atoms with E-state index in [2.05, 4.69) is 16.5 Å². The highest BCUT2D eigenvalue weighted by Crippen LogP contribution is 2.34. The van der Waals surface area contributed by atoms with E-state index >= 15 is 0 Å². The first-order valence-corrected chi connectivity index (χ1v) is 10.1. The summed E-state index contributed by atoms with van der Waals surface area (Å²) in [5, 5.41) is 0.630. The number of hydrogen-bond acceptors (Lipinski definition) is 7. The second kappa shape index (κ2) is 8.57. The Morgan fingerprint density at radius 2 is 2.03 bits per heavy atom. The molecular formula is C21H23N3O4S. The fourth-order valence-electron chi connectivity index (χ4n) is 3.25. The van der Waals surface area contributed by atoms with Crippen LogP contribution in [0.15, 0.2) is 25.0 Å². The first kappa shape index (κ1) is 20.7. The molecule has 0 saturated carbocycles. The van der Waals surface area contributed by atoms with Gasteiger partial charge in [0.25, 0.3) is 0 Å². The highest BCUT2D eigenvalue weighted by atomic mass is 32.1. The van der Waals surface area contributed by atoms with Crippen LogP contribution in [0.3, 0.4) is 0 Å². The zero-order valence-corrected chi connectivity index (χ0v) is 17.8. The summed E-state index contributed by atoms with van der Waals surface area (Å²) in [5.74, 6) is -0.254. The molecule has 0 aliphatic rings. The fraction of sp³-hybridized carbons (Fsp3) is 0.333. The van der Waals surface area contributed by atoms with Crippen LogP contribution in [0.1, 0.15) is 43.9 Å². The number of fused-ring (bicyclic) bond motifs is 1. The van der Waals surface area contributed by atoms with Gasteiger partial charge in [0.2, 0.25) is 11.7 Å². The lowest BCUT2D eigenvalue weighted by atomic mass is 10.1. The van der Waals surface area contributed by atoms with Crippen molar-refractivity contribution >= 4 is 33.3 Å². The molecule has 0 spiro atoms. The SMILES string of the molecule is C=CCn1c(C)cc(C(=O)COc2ncnc3sc(C(=O)OCC)c(C)c23)c1C. The Hall–Kier alpha value is -3.00. The van der Waals surface area contributed by atoms with Crippen LogP contribution in [0.5, 0.6) is 5.88 Å². The number of rotatable bonds is 8. The maximum atomic E-state index is 12.7. The Labute approximate surface area is 173 Å². The number of ketones is 1. The molecule has 3 rings (SSSR count). The zero-order chi connectivity index (χ0) is 21.1. The van der Waals surface area contributed by atoms with Gasteiger partial charge in [-0.2, -0.15) is 0 Å². The Kier molecular flexibility index (Phi) is 6.12. The molecule has 3 heterocycles. The number of Topliss-reactive ketones (excluding diaryl/α,β-unsaturated/α-hetero) is 1. The molecule has 0 radical (unpaired) electrons. The standard InChI is InChI=1S/C21H23N3O4S/c1-6-8-24-12(3)9-15(14(24)5)16(25)10-28-19-17-13(4)18(21(26)27-7-2)29-20(17)23-11-22-19/h6,9,11H,1,7-8,10H2,2-5H3. The largest absolute Gasteiger partial charge is 0.469 e. The zero-order valence-electron chi connectivity index (χ0n) is 16.9. The quantitative estimate of drug-likeness (QED) is 0.315. The lowest BCUT2D eigenvalue weighted by Gasteiger charge is -2.08. The second-order valence-electron chi connectivity index (χ2n) is 6.53. The number of hydrogen-bond donors (Lipinski definition) is 0. The van der Waals surface area contributed by atoms with Crippen molar-refractivity contribution in [3.8, 4) is 5.88 Å². The van der Waals surface area contributed by atoms with E-state index in [1.54, 1.807) is 19.9 Å².